The molecule has 0 aliphatic rings. The lowest BCUT2D eigenvalue weighted by molar-refractivity contribution is 0.102. The average Bonchev–Trinajstić information content (AvgIpc) is 2.98. The Morgan fingerprint density at radius 3 is 2.65 bits per heavy atom. The van der Waals surface area contributed by atoms with Gasteiger partial charge in [0.05, 0.1) is 5.69 Å². The van der Waals surface area contributed by atoms with Gasteiger partial charge in [-0.25, -0.2) is 9.37 Å². The van der Waals surface area contributed by atoms with Gasteiger partial charge in [-0.15, -0.1) is 11.3 Å². The number of amides is 1. The number of nitrogens with one attached hydrogen (secondary N) is 1. The second-order valence-electron chi connectivity index (χ2n) is 5.68. The minimum atomic E-state index is -0.320. The molecule has 1 heterocycles. The first-order valence-electron chi connectivity index (χ1n) is 7.84. The molecule has 0 unspecified atom stereocenters. The number of aryl methyl sites for hydroxylation is 2. The number of ether oxygens (including phenoxy) is 1. The Morgan fingerprint density at radius 2 is 1.96 bits per heavy atom. The van der Waals surface area contributed by atoms with Gasteiger partial charge in [0.15, 0.2) is 0 Å². The van der Waals surface area contributed by atoms with Crippen molar-refractivity contribution in [3.8, 4) is 5.75 Å². The number of hydrogen-bond donors (Lipinski definition) is 1. The zero-order valence-corrected chi connectivity index (χ0v) is 15.7. The van der Waals surface area contributed by atoms with Crippen molar-refractivity contribution in [2.45, 2.75) is 20.5 Å². The quantitative estimate of drug-likeness (QED) is 0.636. The van der Waals surface area contributed by atoms with E-state index in [-0.39, 0.29) is 18.3 Å². The SMILES string of the molecule is Cc1cc(Cl)ccc1NC(=O)c1sc(COc2ccc(F)cc2)nc1C. The number of thiazole rings is 1. The predicted molar refractivity (Wildman–Crippen MR) is 102 cm³/mol. The summed E-state index contributed by atoms with van der Waals surface area (Å²) >= 11 is 7.21. The first-order chi connectivity index (χ1) is 12.4. The molecule has 0 aliphatic heterocycles. The monoisotopic (exact) mass is 390 g/mol. The van der Waals surface area contributed by atoms with E-state index in [2.05, 4.69) is 10.3 Å². The molecule has 3 aromatic rings. The number of anilines is 1. The summed E-state index contributed by atoms with van der Waals surface area (Å²) in [7, 11) is 0. The molecule has 2 aromatic carbocycles. The highest BCUT2D eigenvalue weighted by atomic mass is 35.5. The van der Waals surface area contributed by atoms with Crippen LogP contribution in [-0.2, 0) is 6.61 Å². The molecule has 0 radical (unpaired) electrons. The van der Waals surface area contributed by atoms with E-state index in [9.17, 15) is 9.18 Å². The molecule has 0 saturated heterocycles. The molecular weight excluding hydrogens is 375 g/mol. The Kier molecular flexibility index (Phi) is 5.54. The Hall–Kier alpha value is -2.44. The van der Waals surface area contributed by atoms with Crippen LogP contribution >= 0.6 is 22.9 Å². The van der Waals surface area contributed by atoms with Crippen LogP contribution in [0.5, 0.6) is 5.75 Å². The van der Waals surface area contributed by atoms with Gasteiger partial charge < -0.3 is 10.1 Å². The normalized spacial score (nSPS) is 10.6. The van der Waals surface area contributed by atoms with Crippen molar-refractivity contribution < 1.29 is 13.9 Å². The van der Waals surface area contributed by atoms with Crippen molar-refractivity contribution in [3.63, 3.8) is 0 Å². The minimum Gasteiger partial charge on any atom is -0.486 e. The van der Waals surface area contributed by atoms with Gasteiger partial charge in [-0.1, -0.05) is 11.6 Å². The van der Waals surface area contributed by atoms with Gasteiger partial charge in [0, 0.05) is 10.7 Å². The van der Waals surface area contributed by atoms with Crippen molar-refractivity contribution in [2.24, 2.45) is 0 Å². The maximum absolute atomic E-state index is 12.9. The largest absolute Gasteiger partial charge is 0.486 e. The van der Waals surface area contributed by atoms with E-state index in [4.69, 9.17) is 16.3 Å². The summed E-state index contributed by atoms with van der Waals surface area (Å²) in [5, 5.41) is 4.17. The molecule has 134 valence electrons. The molecule has 4 nitrogen and oxygen atoms in total. The zero-order chi connectivity index (χ0) is 18.7. The van der Waals surface area contributed by atoms with Gasteiger partial charge in [-0.2, -0.15) is 0 Å². The third kappa shape index (κ3) is 4.39. The maximum atomic E-state index is 12.9. The Balaban J connectivity index is 1.68. The molecule has 0 saturated carbocycles. The summed E-state index contributed by atoms with van der Waals surface area (Å²) in [6, 6.07) is 11.0. The van der Waals surface area contributed by atoms with E-state index >= 15 is 0 Å². The smallest absolute Gasteiger partial charge is 0.267 e. The summed E-state index contributed by atoms with van der Waals surface area (Å²) in [5.74, 6) is -0.000563. The molecule has 1 aromatic heterocycles. The van der Waals surface area contributed by atoms with Crippen LogP contribution in [0.4, 0.5) is 10.1 Å². The number of hydrogen-bond acceptors (Lipinski definition) is 4. The summed E-state index contributed by atoms with van der Waals surface area (Å²) in [6.45, 7) is 3.87. The first-order valence-corrected chi connectivity index (χ1v) is 9.04. The number of halogens is 2. The van der Waals surface area contributed by atoms with E-state index in [1.54, 1.807) is 37.3 Å². The molecule has 1 N–H and O–H groups in total. The summed E-state index contributed by atoms with van der Waals surface area (Å²) in [4.78, 5) is 17.4. The number of benzene rings is 2. The molecule has 3 rings (SSSR count). The van der Waals surface area contributed by atoms with Crippen molar-refractivity contribution in [2.75, 3.05) is 5.32 Å². The van der Waals surface area contributed by atoms with Crippen molar-refractivity contribution in [1.82, 2.24) is 4.98 Å². The van der Waals surface area contributed by atoms with Crippen LogP contribution in [0, 0.1) is 19.7 Å². The van der Waals surface area contributed by atoms with Crippen LogP contribution in [0.15, 0.2) is 42.5 Å². The van der Waals surface area contributed by atoms with Gasteiger partial charge in [0.2, 0.25) is 0 Å². The first kappa shape index (κ1) is 18.4. The van der Waals surface area contributed by atoms with Crippen LogP contribution in [-0.4, -0.2) is 10.9 Å². The molecule has 0 bridgehead atoms. The number of rotatable bonds is 5. The fourth-order valence-corrected chi connectivity index (χ4v) is 3.45. The lowest BCUT2D eigenvalue weighted by Crippen LogP contribution is -2.12. The molecule has 0 atom stereocenters. The highest BCUT2D eigenvalue weighted by Crippen LogP contribution is 2.24. The molecule has 0 fully saturated rings. The van der Waals surface area contributed by atoms with E-state index < -0.39 is 0 Å². The van der Waals surface area contributed by atoms with E-state index in [0.717, 1.165) is 5.56 Å². The molecular formula is C19H16ClFN2O2S. The Labute approximate surface area is 159 Å². The van der Waals surface area contributed by atoms with E-state index in [0.29, 0.717) is 32.0 Å². The average molecular weight is 391 g/mol. The topological polar surface area (TPSA) is 51.2 Å². The second-order valence-corrected chi connectivity index (χ2v) is 7.20. The van der Waals surface area contributed by atoms with Crippen LogP contribution in [0.25, 0.3) is 0 Å². The predicted octanol–water partition coefficient (Wildman–Crippen LogP) is 5.38. The van der Waals surface area contributed by atoms with Gasteiger partial charge >= 0.3 is 0 Å². The van der Waals surface area contributed by atoms with Gasteiger partial charge in [0.25, 0.3) is 5.91 Å². The van der Waals surface area contributed by atoms with Crippen molar-refractivity contribution >= 4 is 34.5 Å². The minimum absolute atomic E-state index is 0.213. The number of carbonyl (C=O) groups is 1. The molecule has 1 amide bonds. The lowest BCUT2D eigenvalue weighted by atomic mass is 10.2. The Bertz CT molecular complexity index is 941. The number of carbonyl (C=O) groups excluding carboxylic acids is 1. The van der Waals surface area contributed by atoms with Gasteiger partial charge in [0.1, 0.15) is 28.1 Å². The van der Waals surface area contributed by atoms with Crippen LogP contribution in [0.1, 0.15) is 25.9 Å². The maximum Gasteiger partial charge on any atom is 0.267 e. The van der Waals surface area contributed by atoms with Crippen molar-refractivity contribution in [3.05, 3.63) is 74.4 Å². The van der Waals surface area contributed by atoms with Gasteiger partial charge in [-0.3, -0.25) is 4.79 Å². The third-order valence-electron chi connectivity index (χ3n) is 3.66. The summed E-state index contributed by atoms with van der Waals surface area (Å²) in [5.41, 5.74) is 2.22. The number of aromatic nitrogens is 1. The van der Waals surface area contributed by atoms with E-state index in [1.165, 1.54) is 23.5 Å². The van der Waals surface area contributed by atoms with Crippen LogP contribution in [0.3, 0.4) is 0 Å². The highest BCUT2D eigenvalue weighted by molar-refractivity contribution is 7.13. The fraction of sp³-hybridized carbons (Fsp3) is 0.158. The molecule has 0 spiro atoms. The molecule has 0 aliphatic carbocycles. The number of nitrogens with zero attached hydrogens (tertiary/aromatic N) is 1. The van der Waals surface area contributed by atoms with Crippen LogP contribution < -0.4 is 10.1 Å². The molecule has 26 heavy (non-hydrogen) atoms. The third-order valence-corrected chi connectivity index (χ3v) is 5.02. The van der Waals surface area contributed by atoms with Crippen LogP contribution in [0.2, 0.25) is 5.02 Å². The lowest BCUT2D eigenvalue weighted by Gasteiger charge is -2.07. The van der Waals surface area contributed by atoms with Gasteiger partial charge in [-0.05, 0) is 61.9 Å². The standard InChI is InChI=1S/C19H16ClFN2O2S/c1-11-9-13(20)3-8-16(11)23-19(24)18-12(2)22-17(26-18)10-25-15-6-4-14(21)5-7-15/h3-9H,10H2,1-2H3,(H,23,24). The fourth-order valence-electron chi connectivity index (χ4n) is 2.35. The van der Waals surface area contributed by atoms with Crippen molar-refractivity contribution in [1.29, 1.82) is 0 Å². The zero-order valence-electron chi connectivity index (χ0n) is 14.2. The van der Waals surface area contributed by atoms with E-state index in [1.807, 2.05) is 6.92 Å². The summed E-state index contributed by atoms with van der Waals surface area (Å²) in [6.07, 6.45) is 0. The Morgan fingerprint density at radius 1 is 1.23 bits per heavy atom. The summed E-state index contributed by atoms with van der Waals surface area (Å²) < 4.78 is 18.5. The molecule has 7 heteroatoms. The highest BCUT2D eigenvalue weighted by Gasteiger charge is 2.16. The second kappa shape index (κ2) is 7.85.